The summed E-state index contributed by atoms with van der Waals surface area (Å²) in [6, 6.07) is 2.07. The zero-order valence-corrected chi connectivity index (χ0v) is 15.8. The topological polar surface area (TPSA) is 45.9 Å². The van der Waals surface area contributed by atoms with Crippen LogP contribution in [0.25, 0.3) is 0 Å². The first kappa shape index (κ1) is 18.1. The Kier molecular flexibility index (Phi) is 5.65. The van der Waals surface area contributed by atoms with Gasteiger partial charge in [-0.2, -0.15) is 0 Å². The zero-order chi connectivity index (χ0) is 17.8. The molecule has 0 bridgehead atoms. The van der Waals surface area contributed by atoms with Crippen LogP contribution in [-0.2, 0) is 16.1 Å². The molecule has 0 atom stereocenters. The van der Waals surface area contributed by atoms with E-state index in [1.807, 2.05) is 11.2 Å². The second-order valence-electron chi connectivity index (χ2n) is 8.55. The van der Waals surface area contributed by atoms with Crippen LogP contribution in [0.2, 0.25) is 0 Å². The fourth-order valence-electron chi connectivity index (χ4n) is 5.01. The Balaban J connectivity index is 1.20. The lowest BCUT2D eigenvalue weighted by Crippen LogP contribution is -2.43. The molecule has 0 radical (unpaired) electrons. The lowest BCUT2D eigenvalue weighted by molar-refractivity contribution is -0.136. The van der Waals surface area contributed by atoms with Gasteiger partial charge in [-0.05, 0) is 69.0 Å². The highest BCUT2D eigenvalue weighted by Gasteiger charge is 2.38. The van der Waals surface area contributed by atoms with Crippen molar-refractivity contribution in [3.8, 4) is 0 Å². The summed E-state index contributed by atoms with van der Waals surface area (Å²) >= 11 is 0. The van der Waals surface area contributed by atoms with Gasteiger partial charge in [-0.25, -0.2) is 0 Å². The Morgan fingerprint density at radius 1 is 1.08 bits per heavy atom. The number of nitrogens with zero attached hydrogens (tertiary/aromatic N) is 2. The van der Waals surface area contributed by atoms with E-state index in [0.29, 0.717) is 30.5 Å². The Morgan fingerprint density at radius 2 is 1.81 bits per heavy atom. The highest BCUT2D eigenvalue weighted by molar-refractivity contribution is 5.76. The van der Waals surface area contributed by atoms with E-state index >= 15 is 0 Å². The number of carbonyl (C=O) groups excluding carboxylic acids is 1. The van der Waals surface area contributed by atoms with Gasteiger partial charge in [0.1, 0.15) is 0 Å². The van der Waals surface area contributed by atoms with Gasteiger partial charge in [0, 0.05) is 31.6 Å². The Morgan fingerprint density at radius 3 is 2.46 bits per heavy atom. The predicted octanol–water partition coefficient (Wildman–Crippen LogP) is 3.30. The first-order valence-electron chi connectivity index (χ1n) is 10.3. The van der Waals surface area contributed by atoms with Gasteiger partial charge in [0.2, 0.25) is 5.91 Å². The average Bonchev–Trinajstić information content (AvgIpc) is 3.20. The maximum Gasteiger partial charge on any atom is 0.223 e. The van der Waals surface area contributed by atoms with Gasteiger partial charge >= 0.3 is 0 Å². The predicted molar refractivity (Wildman–Crippen MR) is 99.6 cm³/mol. The number of hydrogen-bond donors (Lipinski definition) is 0. The molecule has 26 heavy (non-hydrogen) atoms. The van der Waals surface area contributed by atoms with Crippen LogP contribution < -0.4 is 0 Å². The molecule has 1 saturated carbocycles. The van der Waals surface area contributed by atoms with E-state index in [1.54, 1.807) is 6.26 Å². The lowest BCUT2D eigenvalue weighted by Gasteiger charge is -2.46. The number of morpholine rings is 1. The standard InChI is InChI=1S/C21H32N2O3/c24-20(23-10-13-25-14-11-23)15-18-1-4-21(5-2-18)6-8-22(9-7-21)16-19-3-12-26-17-19/h3,12,17-18H,1-2,4-11,13-16H2. The van der Waals surface area contributed by atoms with Crippen molar-refractivity contribution < 1.29 is 13.9 Å². The third-order valence-electron chi connectivity index (χ3n) is 6.90. The fraction of sp³-hybridized carbons (Fsp3) is 0.762. The molecule has 3 fully saturated rings. The second-order valence-corrected chi connectivity index (χ2v) is 8.55. The first-order chi connectivity index (χ1) is 12.7. The van der Waals surface area contributed by atoms with E-state index in [0.717, 1.165) is 26.1 Å². The van der Waals surface area contributed by atoms with Crippen molar-refractivity contribution in [2.24, 2.45) is 11.3 Å². The summed E-state index contributed by atoms with van der Waals surface area (Å²) in [6.07, 6.45) is 12.1. The molecular weight excluding hydrogens is 328 g/mol. The van der Waals surface area contributed by atoms with Crippen LogP contribution in [0.15, 0.2) is 23.0 Å². The van der Waals surface area contributed by atoms with E-state index in [4.69, 9.17) is 9.15 Å². The number of amides is 1. The summed E-state index contributed by atoms with van der Waals surface area (Å²) in [5.74, 6) is 0.948. The molecular formula is C21H32N2O3. The molecule has 1 aliphatic carbocycles. The highest BCUT2D eigenvalue weighted by Crippen LogP contribution is 2.47. The number of furan rings is 1. The molecule has 1 amide bonds. The average molecular weight is 360 g/mol. The van der Waals surface area contributed by atoms with Crippen molar-refractivity contribution in [3.05, 3.63) is 24.2 Å². The molecule has 4 rings (SSSR count). The summed E-state index contributed by atoms with van der Waals surface area (Å²) in [5.41, 5.74) is 1.83. The number of piperidine rings is 1. The number of likely N-dealkylation sites (tertiary alicyclic amines) is 1. The molecule has 144 valence electrons. The lowest BCUT2D eigenvalue weighted by atomic mass is 9.65. The summed E-state index contributed by atoms with van der Waals surface area (Å²) in [5, 5.41) is 0. The molecule has 3 aliphatic rings. The number of carbonyl (C=O) groups is 1. The molecule has 5 nitrogen and oxygen atoms in total. The molecule has 2 saturated heterocycles. The SMILES string of the molecule is O=C(CC1CCC2(CC1)CCN(Cc1ccoc1)CC2)N1CCOCC1. The molecule has 0 unspecified atom stereocenters. The van der Waals surface area contributed by atoms with Crippen LogP contribution in [0.1, 0.15) is 50.5 Å². The van der Waals surface area contributed by atoms with Crippen LogP contribution in [-0.4, -0.2) is 55.1 Å². The van der Waals surface area contributed by atoms with Crippen molar-refractivity contribution in [1.29, 1.82) is 0 Å². The van der Waals surface area contributed by atoms with E-state index in [9.17, 15) is 4.79 Å². The number of rotatable bonds is 4. The summed E-state index contributed by atoms with van der Waals surface area (Å²) in [6.45, 7) is 6.38. The fourth-order valence-corrected chi connectivity index (χ4v) is 5.01. The smallest absolute Gasteiger partial charge is 0.223 e. The summed E-state index contributed by atoms with van der Waals surface area (Å²) in [7, 11) is 0. The van der Waals surface area contributed by atoms with Gasteiger partial charge in [-0.15, -0.1) is 0 Å². The van der Waals surface area contributed by atoms with Gasteiger partial charge in [-0.1, -0.05) is 0 Å². The Labute approximate surface area is 156 Å². The number of ether oxygens (including phenoxy) is 1. The van der Waals surface area contributed by atoms with Gasteiger partial charge in [0.05, 0.1) is 25.7 Å². The van der Waals surface area contributed by atoms with Gasteiger partial charge in [-0.3, -0.25) is 9.69 Å². The normalized spacial score (nSPS) is 24.8. The second kappa shape index (κ2) is 8.13. The molecule has 2 aliphatic heterocycles. The minimum atomic E-state index is 0.351. The molecule has 1 aromatic rings. The van der Waals surface area contributed by atoms with Crippen molar-refractivity contribution in [2.45, 2.75) is 51.5 Å². The molecule has 0 N–H and O–H groups in total. The molecule has 1 aromatic heterocycles. The van der Waals surface area contributed by atoms with Crippen LogP contribution in [0.4, 0.5) is 0 Å². The minimum Gasteiger partial charge on any atom is -0.472 e. The molecule has 1 spiro atoms. The van der Waals surface area contributed by atoms with Crippen LogP contribution in [0.5, 0.6) is 0 Å². The van der Waals surface area contributed by atoms with E-state index < -0.39 is 0 Å². The van der Waals surface area contributed by atoms with Crippen molar-refractivity contribution >= 4 is 5.91 Å². The summed E-state index contributed by atoms with van der Waals surface area (Å²) < 4.78 is 10.5. The monoisotopic (exact) mass is 360 g/mol. The molecule has 5 heteroatoms. The number of hydrogen-bond acceptors (Lipinski definition) is 4. The zero-order valence-electron chi connectivity index (χ0n) is 15.8. The van der Waals surface area contributed by atoms with Crippen molar-refractivity contribution in [2.75, 3.05) is 39.4 Å². The third kappa shape index (κ3) is 4.32. The maximum absolute atomic E-state index is 12.5. The van der Waals surface area contributed by atoms with Crippen LogP contribution in [0, 0.1) is 11.3 Å². The van der Waals surface area contributed by atoms with E-state index in [2.05, 4.69) is 11.0 Å². The maximum atomic E-state index is 12.5. The summed E-state index contributed by atoms with van der Waals surface area (Å²) in [4.78, 5) is 17.0. The molecule has 0 aromatic carbocycles. The first-order valence-corrected chi connectivity index (χ1v) is 10.3. The van der Waals surface area contributed by atoms with E-state index in [1.165, 1.54) is 57.2 Å². The van der Waals surface area contributed by atoms with E-state index in [-0.39, 0.29) is 0 Å². The van der Waals surface area contributed by atoms with Gasteiger partial charge < -0.3 is 14.1 Å². The third-order valence-corrected chi connectivity index (χ3v) is 6.90. The highest BCUT2D eigenvalue weighted by atomic mass is 16.5. The van der Waals surface area contributed by atoms with Crippen molar-refractivity contribution in [3.63, 3.8) is 0 Å². The minimum absolute atomic E-state index is 0.351. The molecule has 3 heterocycles. The van der Waals surface area contributed by atoms with Gasteiger partial charge in [0.15, 0.2) is 0 Å². The Hall–Kier alpha value is -1.33. The van der Waals surface area contributed by atoms with Crippen molar-refractivity contribution in [1.82, 2.24) is 9.80 Å². The quantitative estimate of drug-likeness (QED) is 0.826. The largest absolute Gasteiger partial charge is 0.472 e. The van der Waals surface area contributed by atoms with Gasteiger partial charge in [0.25, 0.3) is 0 Å². The van der Waals surface area contributed by atoms with Crippen LogP contribution in [0.3, 0.4) is 0 Å². The Bertz CT molecular complexity index is 562. The van der Waals surface area contributed by atoms with Crippen LogP contribution >= 0.6 is 0 Å².